The van der Waals surface area contributed by atoms with E-state index in [0.717, 1.165) is 24.9 Å². The number of nitrogens with one attached hydrogen (secondary N) is 1. The lowest BCUT2D eigenvalue weighted by Crippen LogP contribution is -2.24. The maximum atomic E-state index is 3.52. The van der Waals surface area contributed by atoms with Crippen molar-refractivity contribution >= 4 is 5.69 Å². The molecule has 19 heavy (non-hydrogen) atoms. The number of hydrogen-bond acceptors (Lipinski definition) is 2. The third-order valence-corrected chi connectivity index (χ3v) is 4.24. The van der Waals surface area contributed by atoms with Crippen molar-refractivity contribution in [3.05, 3.63) is 29.8 Å². The maximum Gasteiger partial charge on any atom is 0.0411 e. The second-order valence-corrected chi connectivity index (χ2v) is 6.04. The Morgan fingerprint density at radius 3 is 2.79 bits per heavy atom. The van der Waals surface area contributed by atoms with Gasteiger partial charge in [-0.1, -0.05) is 39.0 Å². The van der Waals surface area contributed by atoms with Crippen LogP contribution in [0.5, 0.6) is 0 Å². The van der Waals surface area contributed by atoms with E-state index in [4.69, 9.17) is 0 Å². The smallest absolute Gasteiger partial charge is 0.0411 e. The third-order valence-electron chi connectivity index (χ3n) is 4.24. The van der Waals surface area contributed by atoms with E-state index in [0.29, 0.717) is 0 Å². The van der Waals surface area contributed by atoms with Crippen LogP contribution in [-0.4, -0.2) is 19.6 Å². The Labute approximate surface area is 118 Å². The first-order valence-electron chi connectivity index (χ1n) is 7.76. The van der Waals surface area contributed by atoms with Crippen LogP contribution in [0, 0.1) is 11.8 Å². The van der Waals surface area contributed by atoms with Crippen LogP contribution in [-0.2, 0) is 6.54 Å². The van der Waals surface area contributed by atoms with Crippen LogP contribution in [0.1, 0.15) is 39.2 Å². The topological polar surface area (TPSA) is 15.3 Å². The summed E-state index contributed by atoms with van der Waals surface area (Å²) in [4.78, 5) is 2.58. The van der Waals surface area contributed by atoms with Crippen molar-refractivity contribution in [3.8, 4) is 0 Å². The summed E-state index contributed by atoms with van der Waals surface area (Å²) in [7, 11) is 0. The monoisotopic (exact) mass is 260 g/mol. The highest BCUT2D eigenvalue weighted by Crippen LogP contribution is 2.30. The molecule has 106 valence electrons. The van der Waals surface area contributed by atoms with Gasteiger partial charge in [-0.15, -0.1) is 0 Å². The molecule has 2 rings (SSSR count). The summed E-state index contributed by atoms with van der Waals surface area (Å²) >= 11 is 0. The number of nitrogens with zero attached hydrogens (tertiary/aromatic N) is 1. The van der Waals surface area contributed by atoms with Gasteiger partial charge in [0.15, 0.2) is 0 Å². The van der Waals surface area contributed by atoms with Gasteiger partial charge in [0.25, 0.3) is 0 Å². The summed E-state index contributed by atoms with van der Waals surface area (Å²) in [6.45, 7) is 11.4. The highest BCUT2D eigenvalue weighted by Gasteiger charge is 2.25. The van der Waals surface area contributed by atoms with Crippen molar-refractivity contribution < 1.29 is 0 Å². The van der Waals surface area contributed by atoms with Crippen LogP contribution in [0.3, 0.4) is 0 Å². The summed E-state index contributed by atoms with van der Waals surface area (Å²) < 4.78 is 0. The molecule has 0 aromatic heterocycles. The van der Waals surface area contributed by atoms with E-state index in [9.17, 15) is 0 Å². The number of anilines is 1. The van der Waals surface area contributed by atoms with E-state index < -0.39 is 0 Å². The molecule has 1 aliphatic heterocycles. The van der Waals surface area contributed by atoms with Crippen LogP contribution in [0.25, 0.3) is 0 Å². The van der Waals surface area contributed by atoms with Crippen LogP contribution in [0.4, 0.5) is 5.69 Å². The zero-order chi connectivity index (χ0) is 13.7. The predicted molar refractivity (Wildman–Crippen MR) is 83.6 cm³/mol. The fourth-order valence-electron chi connectivity index (χ4n) is 2.92. The Kier molecular flexibility index (Phi) is 5.26. The molecule has 0 radical (unpaired) electrons. The predicted octanol–water partition coefficient (Wildman–Crippen LogP) is 3.67. The molecule has 1 aromatic carbocycles. The van der Waals surface area contributed by atoms with Crippen molar-refractivity contribution in [1.82, 2.24) is 5.32 Å². The zero-order valence-electron chi connectivity index (χ0n) is 12.7. The molecular weight excluding hydrogens is 232 g/mol. The number of benzene rings is 1. The van der Waals surface area contributed by atoms with E-state index in [2.05, 4.69) is 55.3 Å². The molecular formula is C17H28N2. The molecule has 1 unspecified atom stereocenters. The molecule has 0 spiro atoms. The summed E-state index contributed by atoms with van der Waals surface area (Å²) in [6.07, 6.45) is 2.54. The van der Waals surface area contributed by atoms with Gasteiger partial charge in [-0.2, -0.15) is 0 Å². The number of hydrogen-bond donors (Lipinski definition) is 1. The molecule has 1 aromatic rings. The van der Waals surface area contributed by atoms with Crippen LogP contribution in [0.15, 0.2) is 24.3 Å². The molecule has 0 saturated carbocycles. The highest BCUT2D eigenvalue weighted by atomic mass is 15.2. The molecule has 1 N–H and O–H groups in total. The van der Waals surface area contributed by atoms with Crippen molar-refractivity contribution in [1.29, 1.82) is 0 Å². The lowest BCUT2D eigenvalue weighted by atomic mass is 9.95. The molecule has 1 saturated heterocycles. The average Bonchev–Trinajstić information content (AvgIpc) is 2.89. The van der Waals surface area contributed by atoms with E-state index in [-0.39, 0.29) is 0 Å². The fourth-order valence-corrected chi connectivity index (χ4v) is 2.92. The summed E-state index contributed by atoms with van der Waals surface area (Å²) in [5.41, 5.74) is 2.88. The fraction of sp³-hybridized carbons (Fsp3) is 0.647. The van der Waals surface area contributed by atoms with Gasteiger partial charge in [-0.3, -0.25) is 0 Å². The minimum absolute atomic E-state index is 0.801. The van der Waals surface area contributed by atoms with Gasteiger partial charge in [0, 0.05) is 25.3 Å². The van der Waals surface area contributed by atoms with Gasteiger partial charge in [-0.05, 0) is 42.9 Å². The lowest BCUT2D eigenvalue weighted by molar-refractivity contribution is 0.422. The number of rotatable bonds is 6. The third kappa shape index (κ3) is 3.73. The van der Waals surface area contributed by atoms with Crippen LogP contribution >= 0.6 is 0 Å². The van der Waals surface area contributed by atoms with Crippen molar-refractivity contribution in [2.75, 3.05) is 24.5 Å². The van der Waals surface area contributed by atoms with E-state index in [1.807, 2.05) is 0 Å². The first-order chi connectivity index (χ1) is 9.22. The molecule has 2 nitrogen and oxygen atoms in total. The molecule has 1 atom stereocenters. The summed E-state index contributed by atoms with van der Waals surface area (Å²) in [5, 5.41) is 3.52. The SMILES string of the molecule is CCCNCc1ccccc1N1CCC(C(C)C)C1. The van der Waals surface area contributed by atoms with Gasteiger partial charge in [0.1, 0.15) is 0 Å². The van der Waals surface area contributed by atoms with Crippen molar-refractivity contribution in [3.63, 3.8) is 0 Å². The first-order valence-corrected chi connectivity index (χ1v) is 7.76. The Bertz CT molecular complexity index is 387. The highest BCUT2D eigenvalue weighted by molar-refractivity contribution is 5.54. The van der Waals surface area contributed by atoms with Crippen LogP contribution in [0.2, 0.25) is 0 Å². The van der Waals surface area contributed by atoms with Crippen molar-refractivity contribution in [2.45, 2.75) is 40.2 Å². The van der Waals surface area contributed by atoms with Gasteiger partial charge in [-0.25, -0.2) is 0 Å². The van der Waals surface area contributed by atoms with E-state index >= 15 is 0 Å². The minimum Gasteiger partial charge on any atom is -0.371 e. The average molecular weight is 260 g/mol. The second kappa shape index (κ2) is 6.95. The first kappa shape index (κ1) is 14.4. The Hall–Kier alpha value is -1.02. The number of para-hydroxylation sites is 1. The van der Waals surface area contributed by atoms with Gasteiger partial charge < -0.3 is 10.2 Å². The normalized spacial score (nSPS) is 19.4. The summed E-state index contributed by atoms with van der Waals surface area (Å²) in [6, 6.07) is 8.87. The Morgan fingerprint density at radius 2 is 2.11 bits per heavy atom. The van der Waals surface area contributed by atoms with Crippen molar-refractivity contribution in [2.24, 2.45) is 11.8 Å². The second-order valence-electron chi connectivity index (χ2n) is 6.04. The van der Waals surface area contributed by atoms with E-state index in [1.54, 1.807) is 0 Å². The molecule has 1 fully saturated rings. The molecule has 0 bridgehead atoms. The maximum absolute atomic E-state index is 3.52. The molecule has 2 heteroatoms. The standard InChI is InChI=1S/C17H28N2/c1-4-10-18-12-15-7-5-6-8-17(15)19-11-9-16(13-19)14(2)3/h5-8,14,16,18H,4,9-13H2,1-3H3. The largest absolute Gasteiger partial charge is 0.371 e. The Morgan fingerprint density at radius 1 is 1.32 bits per heavy atom. The quantitative estimate of drug-likeness (QED) is 0.785. The van der Waals surface area contributed by atoms with E-state index in [1.165, 1.54) is 37.2 Å². The summed E-state index contributed by atoms with van der Waals surface area (Å²) in [5.74, 6) is 1.66. The molecule has 1 aliphatic rings. The molecule has 1 heterocycles. The minimum atomic E-state index is 0.801. The Balaban J connectivity index is 2.03. The molecule has 0 aliphatic carbocycles. The molecule has 0 amide bonds. The van der Waals surface area contributed by atoms with Crippen LogP contribution < -0.4 is 10.2 Å². The van der Waals surface area contributed by atoms with Gasteiger partial charge in [0.2, 0.25) is 0 Å². The lowest BCUT2D eigenvalue weighted by Gasteiger charge is -2.23. The van der Waals surface area contributed by atoms with Gasteiger partial charge >= 0.3 is 0 Å². The zero-order valence-corrected chi connectivity index (χ0v) is 12.7. The van der Waals surface area contributed by atoms with Gasteiger partial charge in [0.05, 0.1) is 0 Å².